The summed E-state index contributed by atoms with van der Waals surface area (Å²) in [7, 11) is 0. The molecule has 0 saturated heterocycles. The van der Waals surface area contributed by atoms with Crippen LogP contribution in [0.2, 0.25) is 0 Å². The molecule has 5 nitrogen and oxygen atoms in total. The highest BCUT2D eigenvalue weighted by Gasteiger charge is 2.21. The number of carboxylic acid groups (broad SMARTS) is 1. The van der Waals surface area contributed by atoms with Crippen LogP contribution in [0.3, 0.4) is 0 Å². The summed E-state index contributed by atoms with van der Waals surface area (Å²) in [5.41, 5.74) is 0.433. The molecule has 0 amide bonds. The van der Waals surface area contributed by atoms with E-state index in [0.717, 1.165) is 6.07 Å². The third-order valence-corrected chi connectivity index (χ3v) is 5.61. The van der Waals surface area contributed by atoms with E-state index in [1.165, 1.54) is 37.3 Å². The van der Waals surface area contributed by atoms with Crippen LogP contribution in [0.15, 0.2) is 69.9 Å². The normalized spacial score (nSPS) is 12.2. The molecular weight excluding hydrogens is 447 g/mol. The molecule has 0 bridgehead atoms. The van der Waals surface area contributed by atoms with Crippen LogP contribution in [0.4, 0.5) is 18.9 Å². The van der Waals surface area contributed by atoms with Crippen LogP contribution in [0.25, 0.3) is 22.3 Å². The quantitative estimate of drug-likeness (QED) is 0.329. The Bertz CT molecular complexity index is 1460. The maximum absolute atomic E-state index is 14.5. The van der Waals surface area contributed by atoms with Crippen LogP contribution >= 0.6 is 0 Å². The highest BCUT2D eigenvalue weighted by atomic mass is 19.3. The molecular formula is C26H20F3NO4. The van der Waals surface area contributed by atoms with E-state index >= 15 is 0 Å². The predicted molar refractivity (Wildman–Crippen MR) is 123 cm³/mol. The molecule has 0 aliphatic heterocycles. The van der Waals surface area contributed by atoms with Gasteiger partial charge in [0.05, 0.1) is 17.0 Å². The molecule has 1 atom stereocenters. The monoisotopic (exact) mass is 467 g/mol. The van der Waals surface area contributed by atoms with Gasteiger partial charge >= 0.3 is 5.97 Å². The van der Waals surface area contributed by atoms with Crippen molar-refractivity contribution in [3.63, 3.8) is 0 Å². The first-order valence-electron chi connectivity index (χ1n) is 10.4. The van der Waals surface area contributed by atoms with Gasteiger partial charge in [0.15, 0.2) is 5.43 Å². The summed E-state index contributed by atoms with van der Waals surface area (Å²) >= 11 is 0. The molecule has 0 aliphatic rings. The number of carboxylic acids is 1. The number of aromatic carboxylic acids is 1. The van der Waals surface area contributed by atoms with Gasteiger partial charge in [0.2, 0.25) is 0 Å². The third kappa shape index (κ3) is 4.26. The highest BCUT2D eigenvalue weighted by Crippen LogP contribution is 2.33. The number of anilines is 1. The van der Waals surface area contributed by atoms with Crippen LogP contribution in [0.1, 0.15) is 46.4 Å². The van der Waals surface area contributed by atoms with Crippen molar-refractivity contribution in [1.82, 2.24) is 0 Å². The van der Waals surface area contributed by atoms with Gasteiger partial charge in [-0.05, 0) is 44.2 Å². The molecule has 1 unspecified atom stereocenters. The number of fused-ring (bicyclic) bond motifs is 1. The number of alkyl halides is 2. The fraction of sp³-hybridized carbons (Fsp3) is 0.154. The fourth-order valence-corrected chi connectivity index (χ4v) is 3.90. The Morgan fingerprint density at radius 3 is 2.50 bits per heavy atom. The van der Waals surface area contributed by atoms with E-state index < -0.39 is 29.7 Å². The fourth-order valence-electron chi connectivity index (χ4n) is 3.90. The zero-order chi connectivity index (χ0) is 24.6. The lowest BCUT2D eigenvalue weighted by atomic mass is 10.00. The molecule has 4 aromatic rings. The van der Waals surface area contributed by atoms with Crippen molar-refractivity contribution in [2.75, 3.05) is 5.32 Å². The Morgan fingerprint density at radius 1 is 1.06 bits per heavy atom. The number of rotatable bonds is 6. The largest absolute Gasteiger partial charge is 0.478 e. The smallest absolute Gasteiger partial charge is 0.337 e. The Kier molecular flexibility index (Phi) is 6.15. The van der Waals surface area contributed by atoms with Crippen molar-refractivity contribution in [3.05, 3.63) is 99.0 Å². The van der Waals surface area contributed by atoms with Crippen molar-refractivity contribution in [1.29, 1.82) is 0 Å². The van der Waals surface area contributed by atoms with Crippen LogP contribution in [0.5, 0.6) is 0 Å². The van der Waals surface area contributed by atoms with Crippen LogP contribution in [-0.4, -0.2) is 11.1 Å². The molecule has 1 heterocycles. The minimum Gasteiger partial charge on any atom is -0.478 e. The number of para-hydroxylation sites is 1. The van der Waals surface area contributed by atoms with Crippen LogP contribution in [0, 0.1) is 12.7 Å². The van der Waals surface area contributed by atoms with Gasteiger partial charge in [-0.3, -0.25) is 4.79 Å². The number of carbonyl (C=O) groups is 1. The summed E-state index contributed by atoms with van der Waals surface area (Å²) in [5.74, 6) is -1.70. The summed E-state index contributed by atoms with van der Waals surface area (Å²) in [6.45, 7) is 3.16. The lowest BCUT2D eigenvalue weighted by molar-refractivity contribution is 0.0698. The molecule has 0 fully saturated rings. The number of nitrogens with one attached hydrogen (secondary N) is 1. The van der Waals surface area contributed by atoms with E-state index in [9.17, 15) is 27.9 Å². The second-order valence-electron chi connectivity index (χ2n) is 7.90. The standard InChI is InChI=1S/C26H20F3NO4/c1-13-22(31)20-12-17(27)11-19(14(2)30-21-9-4-3-8-18(21)26(32)33)24(20)34-23(13)15-6-5-7-16(10-15)25(28)29/h3-12,14,25,30H,1-2H3,(H,32,33). The SMILES string of the molecule is Cc1c(-c2cccc(C(F)F)c2)oc2c(C(C)Nc3ccccc3C(=O)O)cc(F)cc2c1=O. The second-order valence-corrected chi connectivity index (χ2v) is 7.90. The Morgan fingerprint density at radius 2 is 1.79 bits per heavy atom. The molecule has 2 N–H and O–H groups in total. The summed E-state index contributed by atoms with van der Waals surface area (Å²) in [6.07, 6.45) is -2.70. The number of benzene rings is 3. The molecule has 0 radical (unpaired) electrons. The van der Waals surface area contributed by atoms with Crippen molar-refractivity contribution < 1.29 is 27.5 Å². The van der Waals surface area contributed by atoms with E-state index in [0.29, 0.717) is 11.3 Å². The maximum atomic E-state index is 14.5. The molecule has 0 aliphatic carbocycles. The second kappa shape index (κ2) is 9.05. The third-order valence-electron chi connectivity index (χ3n) is 5.61. The van der Waals surface area contributed by atoms with Gasteiger partial charge in [0, 0.05) is 27.9 Å². The van der Waals surface area contributed by atoms with Gasteiger partial charge in [0.1, 0.15) is 17.2 Å². The zero-order valence-corrected chi connectivity index (χ0v) is 18.2. The average Bonchev–Trinajstić information content (AvgIpc) is 2.81. The lowest BCUT2D eigenvalue weighted by Gasteiger charge is -2.19. The number of hydrogen-bond donors (Lipinski definition) is 2. The minimum absolute atomic E-state index is 0.00133. The molecule has 3 aromatic carbocycles. The van der Waals surface area contributed by atoms with Gasteiger partial charge in [-0.25, -0.2) is 18.0 Å². The summed E-state index contributed by atoms with van der Waals surface area (Å²) in [5, 5.41) is 12.5. The van der Waals surface area contributed by atoms with Crippen molar-refractivity contribution >= 4 is 22.6 Å². The molecule has 8 heteroatoms. The first kappa shape index (κ1) is 23.1. The van der Waals surface area contributed by atoms with Crippen LogP contribution < -0.4 is 10.7 Å². The Labute approximate surface area is 192 Å². The molecule has 0 saturated carbocycles. The van der Waals surface area contributed by atoms with Gasteiger partial charge in [-0.2, -0.15) is 0 Å². The average molecular weight is 467 g/mol. The van der Waals surface area contributed by atoms with E-state index in [1.807, 2.05) is 0 Å². The predicted octanol–water partition coefficient (Wildman–Crippen LogP) is 6.72. The molecule has 4 rings (SSSR count). The zero-order valence-electron chi connectivity index (χ0n) is 18.2. The Hall–Kier alpha value is -4.07. The van der Waals surface area contributed by atoms with Crippen molar-refractivity contribution in [2.45, 2.75) is 26.3 Å². The molecule has 34 heavy (non-hydrogen) atoms. The van der Waals surface area contributed by atoms with E-state index in [2.05, 4.69) is 5.32 Å². The first-order valence-corrected chi connectivity index (χ1v) is 10.4. The van der Waals surface area contributed by atoms with Gasteiger partial charge in [-0.1, -0.05) is 30.3 Å². The number of halogens is 3. The first-order chi connectivity index (χ1) is 16.2. The maximum Gasteiger partial charge on any atom is 0.337 e. The van der Waals surface area contributed by atoms with Gasteiger partial charge < -0.3 is 14.8 Å². The van der Waals surface area contributed by atoms with E-state index in [-0.39, 0.29) is 39.0 Å². The van der Waals surface area contributed by atoms with Crippen LogP contribution in [-0.2, 0) is 0 Å². The minimum atomic E-state index is -2.70. The van der Waals surface area contributed by atoms with Crippen molar-refractivity contribution in [2.24, 2.45) is 0 Å². The summed E-state index contributed by atoms with van der Waals surface area (Å²) < 4.78 is 47.0. The van der Waals surface area contributed by atoms with E-state index in [1.54, 1.807) is 31.2 Å². The van der Waals surface area contributed by atoms with E-state index in [4.69, 9.17) is 4.42 Å². The molecule has 1 aromatic heterocycles. The lowest BCUT2D eigenvalue weighted by Crippen LogP contribution is -2.14. The Balaban J connectivity index is 1.89. The van der Waals surface area contributed by atoms with Crippen molar-refractivity contribution in [3.8, 4) is 11.3 Å². The summed E-state index contributed by atoms with van der Waals surface area (Å²) in [4.78, 5) is 24.6. The summed E-state index contributed by atoms with van der Waals surface area (Å²) in [6, 6.07) is 13.4. The molecule has 174 valence electrons. The number of hydrogen-bond acceptors (Lipinski definition) is 4. The topological polar surface area (TPSA) is 79.5 Å². The van der Waals surface area contributed by atoms with Gasteiger partial charge in [0.25, 0.3) is 6.43 Å². The highest BCUT2D eigenvalue weighted by molar-refractivity contribution is 5.94. The molecule has 0 spiro atoms. The van der Waals surface area contributed by atoms with Gasteiger partial charge in [-0.15, -0.1) is 0 Å².